The first-order valence-electron chi connectivity index (χ1n) is 8.62. The smallest absolute Gasteiger partial charge is 0.207 e. The molecule has 2 rings (SSSR count). The highest BCUT2D eigenvalue weighted by atomic mass is 16.1. The van der Waals surface area contributed by atoms with Gasteiger partial charge in [-0.3, -0.25) is 9.59 Å². The Kier molecular flexibility index (Phi) is 6.75. The second kappa shape index (κ2) is 9.02. The van der Waals surface area contributed by atoms with Gasteiger partial charge in [0.15, 0.2) is 0 Å². The maximum atomic E-state index is 10.5. The van der Waals surface area contributed by atoms with Crippen molar-refractivity contribution in [2.45, 2.75) is 32.1 Å². The first-order valence-corrected chi connectivity index (χ1v) is 8.62. The molecule has 0 aliphatic rings. The van der Waals surface area contributed by atoms with Gasteiger partial charge in [0.1, 0.15) is 0 Å². The molecule has 0 aromatic heterocycles. The maximum absolute atomic E-state index is 10.5. The van der Waals surface area contributed by atoms with Crippen LogP contribution in [-0.4, -0.2) is 25.9 Å². The fraction of sp³-hybridized carbons (Fsp3) is 0.333. The summed E-state index contributed by atoms with van der Waals surface area (Å²) in [6.07, 6.45) is 3.08. The molecule has 132 valence electrons. The van der Waals surface area contributed by atoms with Crippen LogP contribution < -0.4 is 10.6 Å². The average molecular weight is 338 g/mol. The number of benzene rings is 2. The predicted octanol–water partition coefficient (Wildman–Crippen LogP) is 2.59. The Morgan fingerprint density at radius 1 is 0.760 bits per heavy atom. The Labute approximate surface area is 149 Å². The van der Waals surface area contributed by atoms with Gasteiger partial charge in [0.25, 0.3) is 0 Å². The van der Waals surface area contributed by atoms with Crippen LogP contribution in [0.3, 0.4) is 0 Å². The number of amides is 2. The van der Waals surface area contributed by atoms with Gasteiger partial charge in [-0.05, 0) is 35.1 Å². The third kappa shape index (κ3) is 4.69. The minimum atomic E-state index is -0.171. The zero-order valence-electron chi connectivity index (χ0n) is 14.9. The summed E-state index contributed by atoms with van der Waals surface area (Å²) in [6.45, 7) is 5.71. The molecule has 2 N–H and O–H groups in total. The largest absolute Gasteiger partial charge is 0.358 e. The van der Waals surface area contributed by atoms with Crippen LogP contribution >= 0.6 is 0 Å². The maximum Gasteiger partial charge on any atom is 0.207 e. The molecule has 2 aromatic carbocycles. The Morgan fingerprint density at radius 3 is 1.56 bits per heavy atom. The molecule has 0 saturated heterocycles. The van der Waals surface area contributed by atoms with E-state index < -0.39 is 0 Å². The summed E-state index contributed by atoms with van der Waals surface area (Å²) in [4.78, 5) is 21.1. The molecule has 4 nitrogen and oxygen atoms in total. The summed E-state index contributed by atoms with van der Waals surface area (Å²) in [5, 5.41) is 5.48. The standard InChI is InChI=1S/C21H26N2O2/c1-21(2,19-9-5-3-7-17(19)11-13-22-15-24)20-10-6-4-8-18(20)12-14-23-16-25/h3-10,15-16H,11-14H2,1-2H3,(H,22,24)(H,23,25). The van der Waals surface area contributed by atoms with Crippen molar-refractivity contribution in [1.29, 1.82) is 0 Å². The molecule has 2 aromatic rings. The van der Waals surface area contributed by atoms with Crippen molar-refractivity contribution >= 4 is 12.8 Å². The molecule has 0 spiro atoms. The monoisotopic (exact) mass is 338 g/mol. The van der Waals surface area contributed by atoms with Crippen molar-refractivity contribution in [2.75, 3.05) is 13.1 Å². The zero-order valence-corrected chi connectivity index (χ0v) is 14.9. The van der Waals surface area contributed by atoms with Gasteiger partial charge in [-0.2, -0.15) is 0 Å². The van der Waals surface area contributed by atoms with E-state index in [0.717, 1.165) is 25.7 Å². The van der Waals surface area contributed by atoms with Crippen molar-refractivity contribution in [3.8, 4) is 0 Å². The SMILES string of the molecule is CC(C)(c1ccccc1CCNC=O)c1ccccc1CCNC=O. The number of carbonyl (C=O) groups is 2. The number of hydrogen-bond donors (Lipinski definition) is 2. The number of hydrogen-bond acceptors (Lipinski definition) is 2. The Bertz CT molecular complexity index is 651. The van der Waals surface area contributed by atoms with E-state index in [2.05, 4.69) is 60.9 Å². The van der Waals surface area contributed by atoms with Crippen LogP contribution in [0.1, 0.15) is 36.1 Å². The Hall–Kier alpha value is -2.62. The summed E-state index contributed by atoms with van der Waals surface area (Å²) in [5.74, 6) is 0. The van der Waals surface area contributed by atoms with Gasteiger partial charge in [0.05, 0.1) is 0 Å². The van der Waals surface area contributed by atoms with Crippen LogP contribution in [0.4, 0.5) is 0 Å². The summed E-state index contributed by atoms with van der Waals surface area (Å²) in [5.41, 5.74) is 4.83. The number of rotatable bonds is 10. The summed E-state index contributed by atoms with van der Waals surface area (Å²) in [7, 11) is 0. The Morgan fingerprint density at radius 2 is 1.16 bits per heavy atom. The number of nitrogens with one attached hydrogen (secondary N) is 2. The molecule has 0 bridgehead atoms. The van der Waals surface area contributed by atoms with E-state index >= 15 is 0 Å². The molecular formula is C21H26N2O2. The summed E-state index contributed by atoms with van der Waals surface area (Å²) < 4.78 is 0. The first kappa shape index (κ1) is 18.7. The second-order valence-electron chi connectivity index (χ2n) is 6.58. The first-order chi connectivity index (χ1) is 12.1. The van der Waals surface area contributed by atoms with Crippen molar-refractivity contribution in [3.63, 3.8) is 0 Å². The van der Waals surface area contributed by atoms with Gasteiger partial charge in [0, 0.05) is 18.5 Å². The van der Waals surface area contributed by atoms with E-state index in [1.54, 1.807) is 0 Å². The summed E-state index contributed by atoms with van der Waals surface area (Å²) >= 11 is 0. The van der Waals surface area contributed by atoms with Gasteiger partial charge in [-0.25, -0.2) is 0 Å². The molecule has 0 aliphatic heterocycles. The highest BCUT2D eigenvalue weighted by molar-refractivity contribution is 5.48. The molecule has 0 atom stereocenters. The van der Waals surface area contributed by atoms with Gasteiger partial charge in [-0.15, -0.1) is 0 Å². The van der Waals surface area contributed by atoms with Crippen LogP contribution in [0.25, 0.3) is 0 Å². The molecule has 0 fully saturated rings. The quantitative estimate of drug-likeness (QED) is 0.517. The zero-order chi connectivity index (χ0) is 18.1. The molecule has 2 amide bonds. The van der Waals surface area contributed by atoms with Crippen molar-refractivity contribution < 1.29 is 9.59 Å². The highest BCUT2D eigenvalue weighted by Crippen LogP contribution is 2.35. The van der Waals surface area contributed by atoms with E-state index in [1.807, 2.05) is 12.1 Å². The molecule has 0 heterocycles. The van der Waals surface area contributed by atoms with Gasteiger partial charge < -0.3 is 10.6 Å². The molecule has 25 heavy (non-hydrogen) atoms. The van der Waals surface area contributed by atoms with Crippen LogP contribution in [0.2, 0.25) is 0 Å². The molecule has 0 saturated carbocycles. The van der Waals surface area contributed by atoms with E-state index in [0.29, 0.717) is 13.1 Å². The van der Waals surface area contributed by atoms with Crippen molar-refractivity contribution in [2.24, 2.45) is 0 Å². The highest BCUT2D eigenvalue weighted by Gasteiger charge is 2.27. The predicted molar refractivity (Wildman–Crippen MR) is 101 cm³/mol. The van der Waals surface area contributed by atoms with E-state index in [-0.39, 0.29) is 5.41 Å². The second-order valence-corrected chi connectivity index (χ2v) is 6.58. The van der Waals surface area contributed by atoms with Crippen LogP contribution in [0.15, 0.2) is 48.5 Å². The third-order valence-electron chi connectivity index (χ3n) is 4.63. The van der Waals surface area contributed by atoms with Crippen LogP contribution in [-0.2, 0) is 27.8 Å². The fourth-order valence-corrected chi connectivity index (χ4v) is 3.37. The lowest BCUT2D eigenvalue weighted by atomic mass is 9.73. The fourth-order valence-electron chi connectivity index (χ4n) is 3.37. The lowest BCUT2D eigenvalue weighted by Gasteiger charge is -2.31. The van der Waals surface area contributed by atoms with E-state index in [9.17, 15) is 9.59 Å². The molecule has 4 heteroatoms. The minimum Gasteiger partial charge on any atom is -0.358 e. The van der Waals surface area contributed by atoms with Crippen LogP contribution in [0.5, 0.6) is 0 Å². The summed E-state index contributed by atoms with van der Waals surface area (Å²) in [6, 6.07) is 16.8. The van der Waals surface area contributed by atoms with Crippen LogP contribution in [0, 0.1) is 0 Å². The molecule has 0 radical (unpaired) electrons. The Balaban J connectivity index is 2.35. The molecular weight excluding hydrogens is 312 g/mol. The third-order valence-corrected chi connectivity index (χ3v) is 4.63. The van der Waals surface area contributed by atoms with E-state index in [4.69, 9.17) is 0 Å². The lowest BCUT2D eigenvalue weighted by molar-refractivity contribution is -0.110. The average Bonchev–Trinajstić information content (AvgIpc) is 2.63. The van der Waals surface area contributed by atoms with Gasteiger partial charge in [-0.1, -0.05) is 62.4 Å². The normalized spacial score (nSPS) is 11.0. The minimum absolute atomic E-state index is 0.171. The van der Waals surface area contributed by atoms with Gasteiger partial charge >= 0.3 is 0 Å². The molecule has 0 unspecified atom stereocenters. The lowest BCUT2D eigenvalue weighted by Crippen LogP contribution is -2.25. The molecule has 0 aliphatic carbocycles. The number of carbonyl (C=O) groups excluding carboxylic acids is 2. The van der Waals surface area contributed by atoms with E-state index in [1.165, 1.54) is 22.3 Å². The van der Waals surface area contributed by atoms with Gasteiger partial charge in [0.2, 0.25) is 12.8 Å². The van der Waals surface area contributed by atoms with Crippen molar-refractivity contribution in [1.82, 2.24) is 10.6 Å². The van der Waals surface area contributed by atoms with Crippen molar-refractivity contribution in [3.05, 3.63) is 70.8 Å². The topological polar surface area (TPSA) is 58.2 Å².